The van der Waals surface area contributed by atoms with Gasteiger partial charge in [-0.2, -0.15) is 0 Å². The number of carbonyl (C=O) groups excluding carboxylic acids is 2. The molecule has 0 unspecified atom stereocenters. The Bertz CT molecular complexity index is 739. The van der Waals surface area contributed by atoms with Gasteiger partial charge >= 0.3 is 5.97 Å². The molecule has 1 aromatic heterocycles. The number of pyridine rings is 1. The SMILES string of the molecule is Cc1cc(C)c(C(=O)O[C@@H](C)C(=O)N(C)c2ccccc2)c(Cl)n1. The van der Waals surface area contributed by atoms with Crippen LogP contribution in [0.1, 0.15) is 28.5 Å². The molecule has 0 aliphatic carbocycles. The lowest BCUT2D eigenvalue weighted by molar-refractivity contribution is -0.126. The van der Waals surface area contributed by atoms with E-state index in [9.17, 15) is 9.59 Å². The number of ether oxygens (including phenoxy) is 1. The summed E-state index contributed by atoms with van der Waals surface area (Å²) < 4.78 is 5.29. The molecule has 1 aromatic carbocycles. The van der Waals surface area contributed by atoms with Crippen molar-refractivity contribution < 1.29 is 14.3 Å². The van der Waals surface area contributed by atoms with E-state index in [1.54, 1.807) is 39.1 Å². The van der Waals surface area contributed by atoms with Gasteiger partial charge in [0.2, 0.25) is 0 Å². The fourth-order valence-corrected chi connectivity index (χ4v) is 2.72. The molecule has 0 radical (unpaired) electrons. The molecule has 24 heavy (non-hydrogen) atoms. The molecule has 6 heteroatoms. The number of rotatable bonds is 4. The Morgan fingerprint density at radius 1 is 1.21 bits per heavy atom. The summed E-state index contributed by atoms with van der Waals surface area (Å²) in [5.41, 5.74) is 2.27. The zero-order valence-corrected chi connectivity index (χ0v) is 14.8. The highest BCUT2D eigenvalue weighted by atomic mass is 35.5. The molecule has 1 heterocycles. The van der Waals surface area contributed by atoms with Crippen LogP contribution >= 0.6 is 11.6 Å². The molecule has 0 saturated heterocycles. The Labute approximate surface area is 146 Å². The summed E-state index contributed by atoms with van der Waals surface area (Å²) in [5, 5.41) is 0.0774. The average molecular weight is 347 g/mol. The van der Waals surface area contributed by atoms with E-state index in [0.717, 1.165) is 5.69 Å². The van der Waals surface area contributed by atoms with Crippen molar-refractivity contribution in [2.24, 2.45) is 0 Å². The molecular weight excluding hydrogens is 328 g/mol. The first-order valence-electron chi connectivity index (χ1n) is 7.48. The third kappa shape index (κ3) is 3.92. The zero-order chi connectivity index (χ0) is 17.9. The van der Waals surface area contributed by atoms with Crippen LogP contribution in [0, 0.1) is 13.8 Å². The zero-order valence-electron chi connectivity index (χ0n) is 14.0. The van der Waals surface area contributed by atoms with Crippen LogP contribution in [0.2, 0.25) is 5.15 Å². The minimum atomic E-state index is -0.945. The van der Waals surface area contributed by atoms with E-state index in [2.05, 4.69) is 4.98 Å². The molecule has 2 rings (SSSR count). The number of nitrogens with zero attached hydrogens (tertiary/aromatic N) is 2. The number of aryl methyl sites for hydroxylation is 2. The first kappa shape index (κ1) is 17.9. The summed E-state index contributed by atoms with van der Waals surface area (Å²) in [4.78, 5) is 30.3. The van der Waals surface area contributed by atoms with Gasteiger partial charge in [0.15, 0.2) is 6.10 Å². The summed E-state index contributed by atoms with van der Waals surface area (Å²) in [6.07, 6.45) is -0.945. The molecule has 126 valence electrons. The number of likely N-dealkylation sites (N-methyl/N-ethyl adjacent to an activating group) is 1. The van der Waals surface area contributed by atoms with Crippen molar-refractivity contribution in [1.82, 2.24) is 4.98 Å². The Morgan fingerprint density at radius 3 is 2.42 bits per heavy atom. The number of aromatic nitrogens is 1. The van der Waals surface area contributed by atoms with Gasteiger partial charge in [-0.15, -0.1) is 0 Å². The Hall–Kier alpha value is -2.40. The summed E-state index contributed by atoms with van der Waals surface area (Å²) in [7, 11) is 1.63. The topological polar surface area (TPSA) is 59.5 Å². The molecule has 0 aliphatic heterocycles. The number of benzene rings is 1. The van der Waals surface area contributed by atoms with Crippen molar-refractivity contribution in [2.45, 2.75) is 26.9 Å². The van der Waals surface area contributed by atoms with Crippen LogP contribution in [-0.4, -0.2) is 30.0 Å². The lowest BCUT2D eigenvalue weighted by Gasteiger charge is -2.22. The molecule has 0 bridgehead atoms. The number of hydrogen-bond acceptors (Lipinski definition) is 4. The van der Waals surface area contributed by atoms with Gasteiger partial charge in [-0.25, -0.2) is 9.78 Å². The Balaban J connectivity index is 2.13. The van der Waals surface area contributed by atoms with Crippen molar-refractivity contribution >= 4 is 29.2 Å². The smallest absolute Gasteiger partial charge is 0.342 e. The highest BCUT2D eigenvalue weighted by Gasteiger charge is 2.25. The Morgan fingerprint density at radius 2 is 1.83 bits per heavy atom. The van der Waals surface area contributed by atoms with Crippen molar-refractivity contribution in [3.05, 3.63) is 58.4 Å². The quantitative estimate of drug-likeness (QED) is 0.627. The maximum absolute atomic E-state index is 12.4. The van der Waals surface area contributed by atoms with Gasteiger partial charge in [-0.1, -0.05) is 29.8 Å². The van der Waals surface area contributed by atoms with Gasteiger partial charge in [0, 0.05) is 18.4 Å². The van der Waals surface area contributed by atoms with Gasteiger partial charge in [0.25, 0.3) is 5.91 Å². The summed E-state index contributed by atoms with van der Waals surface area (Å²) in [5.74, 6) is -0.990. The fraction of sp³-hybridized carbons (Fsp3) is 0.278. The van der Waals surface area contributed by atoms with E-state index in [-0.39, 0.29) is 16.6 Å². The van der Waals surface area contributed by atoms with Crippen molar-refractivity contribution in [2.75, 3.05) is 11.9 Å². The molecular formula is C18H19ClN2O3. The van der Waals surface area contributed by atoms with Crippen LogP contribution < -0.4 is 4.90 Å². The maximum Gasteiger partial charge on any atom is 0.342 e. The van der Waals surface area contributed by atoms with E-state index in [1.165, 1.54) is 11.8 Å². The number of amides is 1. The standard InChI is InChI=1S/C18H19ClN2O3/c1-11-10-12(2)20-16(19)15(11)18(23)24-13(3)17(22)21(4)14-8-6-5-7-9-14/h5-10,13H,1-4H3/t13-/m0/s1. The number of esters is 1. The highest BCUT2D eigenvalue weighted by molar-refractivity contribution is 6.32. The number of halogens is 1. The third-order valence-corrected chi connectivity index (χ3v) is 3.88. The summed E-state index contributed by atoms with van der Waals surface area (Å²) >= 11 is 6.04. The predicted octanol–water partition coefficient (Wildman–Crippen LogP) is 3.56. The fourth-order valence-electron chi connectivity index (χ4n) is 2.36. The van der Waals surface area contributed by atoms with Gasteiger partial charge in [0.1, 0.15) is 5.15 Å². The van der Waals surface area contributed by atoms with Crippen molar-refractivity contribution in [1.29, 1.82) is 0 Å². The van der Waals surface area contributed by atoms with Gasteiger partial charge in [-0.05, 0) is 44.5 Å². The van der Waals surface area contributed by atoms with E-state index in [1.807, 2.05) is 18.2 Å². The number of para-hydroxylation sites is 1. The van der Waals surface area contributed by atoms with Crippen LogP contribution in [0.15, 0.2) is 36.4 Å². The normalized spacial score (nSPS) is 11.7. The van der Waals surface area contributed by atoms with Crippen molar-refractivity contribution in [3.8, 4) is 0 Å². The van der Waals surface area contributed by atoms with E-state index in [4.69, 9.17) is 16.3 Å². The van der Waals surface area contributed by atoms with Gasteiger partial charge < -0.3 is 9.64 Å². The lowest BCUT2D eigenvalue weighted by atomic mass is 10.1. The molecule has 2 aromatic rings. The van der Waals surface area contributed by atoms with Gasteiger partial charge in [0.05, 0.1) is 5.56 Å². The molecule has 0 aliphatic rings. The van der Waals surface area contributed by atoms with E-state index < -0.39 is 12.1 Å². The lowest BCUT2D eigenvalue weighted by Crippen LogP contribution is -2.37. The molecule has 0 spiro atoms. The third-order valence-electron chi connectivity index (χ3n) is 3.61. The molecule has 1 amide bonds. The van der Waals surface area contributed by atoms with Crippen LogP contribution in [0.4, 0.5) is 5.69 Å². The Kier molecular flexibility index (Phi) is 5.57. The maximum atomic E-state index is 12.4. The summed E-state index contributed by atoms with van der Waals surface area (Å²) in [6, 6.07) is 10.9. The van der Waals surface area contributed by atoms with E-state index in [0.29, 0.717) is 11.3 Å². The second-order valence-corrected chi connectivity index (χ2v) is 5.88. The monoisotopic (exact) mass is 346 g/mol. The van der Waals surface area contributed by atoms with Crippen LogP contribution in [0.5, 0.6) is 0 Å². The van der Waals surface area contributed by atoms with Crippen LogP contribution in [-0.2, 0) is 9.53 Å². The van der Waals surface area contributed by atoms with Crippen molar-refractivity contribution in [3.63, 3.8) is 0 Å². The van der Waals surface area contributed by atoms with Gasteiger partial charge in [-0.3, -0.25) is 4.79 Å². The number of anilines is 1. The minimum Gasteiger partial charge on any atom is -0.449 e. The predicted molar refractivity (Wildman–Crippen MR) is 93.5 cm³/mol. The van der Waals surface area contributed by atoms with Crippen LogP contribution in [0.3, 0.4) is 0 Å². The molecule has 1 atom stereocenters. The molecule has 0 saturated carbocycles. The summed E-state index contributed by atoms with van der Waals surface area (Å²) in [6.45, 7) is 5.07. The minimum absolute atomic E-state index is 0.0774. The van der Waals surface area contributed by atoms with Crippen LogP contribution in [0.25, 0.3) is 0 Å². The second kappa shape index (κ2) is 7.45. The number of carbonyl (C=O) groups is 2. The molecule has 0 N–H and O–H groups in total. The first-order valence-corrected chi connectivity index (χ1v) is 7.86. The van der Waals surface area contributed by atoms with E-state index >= 15 is 0 Å². The number of hydrogen-bond donors (Lipinski definition) is 0. The molecule has 0 fully saturated rings. The molecule has 5 nitrogen and oxygen atoms in total. The first-order chi connectivity index (χ1) is 11.3. The average Bonchev–Trinajstić information content (AvgIpc) is 2.53. The second-order valence-electron chi connectivity index (χ2n) is 5.53. The largest absolute Gasteiger partial charge is 0.449 e. The highest BCUT2D eigenvalue weighted by Crippen LogP contribution is 2.21.